The molecule has 4 aromatic rings. The van der Waals surface area contributed by atoms with E-state index >= 15 is 0 Å². The molecule has 2 nitrogen and oxygen atoms in total. The lowest BCUT2D eigenvalue weighted by Crippen LogP contribution is -2.05. The third-order valence-electron chi connectivity index (χ3n) is 5.52. The zero-order valence-corrected chi connectivity index (χ0v) is 19.3. The van der Waals surface area contributed by atoms with Gasteiger partial charge < -0.3 is 9.47 Å². The van der Waals surface area contributed by atoms with Crippen LogP contribution in [0.3, 0.4) is 0 Å². The van der Waals surface area contributed by atoms with Crippen molar-refractivity contribution in [3.05, 3.63) is 156 Å². The second-order valence-electron chi connectivity index (χ2n) is 7.85. The second-order valence-corrected chi connectivity index (χ2v) is 7.85. The Kier molecular flexibility index (Phi) is 9.03. The molecule has 170 valence electrons. The van der Waals surface area contributed by atoms with Gasteiger partial charge in [-0.05, 0) is 33.4 Å². The van der Waals surface area contributed by atoms with Crippen molar-refractivity contribution in [1.29, 1.82) is 0 Å². The lowest BCUT2D eigenvalue weighted by Gasteiger charge is -2.10. The minimum Gasteiger partial charge on any atom is -0.375 e. The number of hydrogen-bond donors (Lipinski definition) is 0. The van der Waals surface area contributed by atoms with Gasteiger partial charge in [0.2, 0.25) is 0 Å². The molecule has 0 saturated heterocycles. The van der Waals surface area contributed by atoms with Crippen LogP contribution in [0, 0.1) is 0 Å². The van der Waals surface area contributed by atoms with Gasteiger partial charge in [0.25, 0.3) is 0 Å². The Labute approximate surface area is 202 Å². The Bertz CT molecular complexity index is 985. The molecule has 0 amide bonds. The summed E-state index contributed by atoms with van der Waals surface area (Å²) >= 11 is 0. The van der Waals surface area contributed by atoms with Crippen molar-refractivity contribution in [2.75, 3.05) is 26.4 Å². The fourth-order valence-corrected chi connectivity index (χ4v) is 3.84. The molecule has 2 heteroatoms. The van der Waals surface area contributed by atoms with Crippen LogP contribution in [0.15, 0.2) is 133 Å². The SMILES string of the molecule is C(COCCOCC=C(c1ccccc1)c1ccccc1)=C(c1ccccc1)c1ccccc1. The van der Waals surface area contributed by atoms with Gasteiger partial charge in [-0.2, -0.15) is 0 Å². The summed E-state index contributed by atoms with van der Waals surface area (Å²) < 4.78 is 11.7. The highest BCUT2D eigenvalue weighted by atomic mass is 16.5. The first-order chi connectivity index (χ1) is 16.9. The van der Waals surface area contributed by atoms with Gasteiger partial charge in [-0.3, -0.25) is 0 Å². The first-order valence-corrected chi connectivity index (χ1v) is 11.7. The molecular weight excluding hydrogens is 416 g/mol. The van der Waals surface area contributed by atoms with E-state index in [2.05, 4.69) is 109 Å². The predicted octanol–water partition coefficient (Wildman–Crippen LogP) is 7.28. The van der Waals surface area contributed by atoms with E-state index in [4.69, 9.17) is 9.47 Å². The summed E-state index contributed by atoms with van der Waals surface area (Å²) in [6.45, 7) is 2.18. The van der Waals surface area contributed by atoms with Crippen molar-refractivity contribution in [3.63, 3.8) is 0 Å². The van der Waals surface area contributed by atoms with Crippen LogP contribution in [0.1, 0.15) is 22.3 Å². The smallest absolute Gasteiger partial charge is 0.0704 e. The van der Waals surface area contributed by atoms with Crippen LogP contribution in [0.25, 0.3) is 11.1 Å². The molecule has 0 aliphatic carbocycles. The average Bonchev–Trinajstić information content (AvgIpc) is 2.92. The molecule has 0 radical (unpaired) electrons. The number of ether oxygens (including phenoxy) is 2. The molecule has 0 unspecified atom stereocenters. The molecule has 0 N–H and O–H groups in total. The van der Waals surface area contributed by atoms with Crippen LogP contribution in [0.5, 0.6) is 0 Å². The van der Waals surface area contributed by atoms with Crippen LogP contribution in [0.4, 0.5) is 0 Å². The molecule has 4 rings (SSSR count). The molecule has 0 aromatic heterocycles. The van der Waals surface area contributed by atoms with Gasteiger partial charge in [-0.25, -0.2) is 0 Å². The minimum absolute atomic E-state index is 0.539. The first kappa shape index (κ1) is 23.4. The fraction of sp³-hybridized carbons (Fsp3) is 0.125. The lowest BCUT2D eigenvalue weighted by molar-refractivity contribution is 0.0711. The van der Waals surface area contributed by atoms with Gasteiger partial charge in [-0.1, -0.05) is 133 Å². The monoisotopic (exact) mass is 446 g/mol. The molecule has 0 fully saturated rings. The lowest BCUT2D eigenvalue weighted by atomic mass is 9.98. The standard InChI is InChI=1S/C32H30O2/c1-5-13-27(14-6-1)31(28-15-7-2-8-16-28)21-23-33-25-26-34-24-22-32(29-17-9-3-10-18-29)30-19-11-4-12-20-30/h1-22H,23-26H2. The molecule has 0 heterocycles. The van der Waals surface area contributed by atoms with Crippen molar-refractivity contribution >= 4 is 11.1 Å². The Morgan fingerprint density at radius 2 is 0.676 bits per heavy atom. The van der Waals surface area contributed by atoms with E-state index in [0.717, 1.165) is 0 Å². The van der Waals surface area contributed by atoms with Gasteiger partial charge >= 0.3 is 0 Å². The van der Waals surface area contributed by atoms with Crippen LogP contribution in [-0.4, -0.2) is 26.4 Å². The molecule has 0 saturated carbocycles. The Morgan fingerprint density at radius 1 is 0.412 bits per heavy atom. The van der Waals surface area contributed by atoms with Crippen LogP contribution in [-0.2, 0) is 9.47 Å². The molecule has 0 spiro atoms. The van der Waals surface area contributed by atoms with Crippen molar-refractivity contribution in [3.8, 4) is 0 Å². The van der Waals surface area contributed by atoms with E-state index in [9.17, 15) is 0 Å². The van der Waals surface area contributed by atoms with E-state index in [1.807, 2.05) is 24.3 Å². The summed E-state index contributed by atoms with van der Waals surface area (Å²) in [5.41, 5.74) is 7.11. The topological polar surface area (TPSA) is 18.5 Å². The van der Waals surface area contributed by atoms with Crippen molar-refractivity contribution in [2.45, 2.75) is 0 Å². The molecule has 0 aliphatic rings. The zero-order valence-electron chi connectivity index (χ0n) is 19.3. The molecular formula is C32H30O2. The van der Waals surface area contributed by atoms with Gasteiger partial charge in [0.05, 0.1) is 26.4 Å². The quantitative estimate of drug-likeness (QED) is 0.225. The highest BCUT2D eigenvalue weighted by Crippen LogP contribution is 2.24. The summed E-state index contributed by atoms with van der Waals surface area (Å²) in [4.78, 5) is 0. The van der Waals surface area contributed by atoms with Gasteiger partial charge in [0.15, 0.2) is 0 Å². The summed E-state index contributed by atoms with van der Waals surface area (Å²) in [6, 6.07) is 41.7. The van der Waals surface area contributed by atoms with Gasteiger partial charge in [-0.15, -0.1) is 0 Å². The predicted molar refractivity (Wildman–Crippen MR) is 142 cm³/mol. The Morgan fingerprint density at radius 3 is 0.941 bits per heavy atom. The summed E-state index contributed by atoms with van der Waals surface area (Å²) in [5.74, 6) is 0. The largest absolute Gasteiger partial charge is 0.375 e. The maximum Gasteiger partial charge on any atom is 0.0704 e. The molecule has 4 aromatic carbocycles. The van der Waals surface area contributed by atoms with Crippen LogP contribution in [0.2, 0.25) is 0 Å². The van der Waals surface area contributed by atoms with Crippen LogP contribution >= 0.6 is 0 Å². The Balaban J connectivity index is 1.30. The van der Waals surface area contributed by atoms with Crippen molar-refractivity contribution < 1.29 is 9.47 Å². The fourth-order valence-electron chi connectivity index (χ4n) is 3.84. The van der Waals surface area contributed by atoms with E-state index in [1.54, 1.807) is 0 Å². The number of hydrogen-bond acceptors (Lipinski definition) is 2. The summed E-state index contributed by atoms with van der Waals surface area (Å²) in [7, 11) is 0. The second kappa shape index (κ2) is 13.1. The molecule has 0 atom stereocenters. The van der Waals surface area contributed by atoms with Crippen molar-refractivity contribution in [2.24, 2.45) is 0 Å². The molecule has 0 bridgehead atoms. The van der Waals surface area contributed by atoms with Crippen molar-refractivity contribution in [1.82, 2.24) is 0 Å². The summed E-state index contributed by atoms with van der Waals surface area (Å²) in [5, 5.41) is 0. The minimum atomic E-state index is 0.539. The maximum atomic E-state index is 5.86. The number of benzene rings is 4. The average molecular weight is 447 g/mol. The van der Waals surface area contributed by atoms with Gasteiger partial charge in [0.1, 0.15) is 0 Å². The van der Waals surface area contributed by atoms with E-state index in [1.165, 1.54) is 33.4 Å². The van der Waals surface area contributed by atoms with E-state index in [0.29, 0.717) is 26.4 Å². The highest BCUT2D eigenvalue weighted by molar-refractivity contribution is 5.80. The normalized spacial score (nSPS) is 10.5. The van der Waals surface area contributed by atoms with Crippen LogP contribution < -0.4 is 0 Å². The van der Waals surface area contributed by atoms with E-state index in [-0.39, 0.29) is 0 Å². The number of rotatable bonds is 11. The molecule has 0 aliphatic heterocycles. The Hall–Kier alpha value is -3.72. The van der Waals surface area contributed by atoms with E-state index < -0.39 is 0 Å². The maximum absolute atomic E-state index is 5.86. The first-order valence-electron chi connectivity index (χ1n) is 11.7. The molecule has 34 heavy (non-hydrogen) atoms. The van der Waals surface area contributed by atoms with Gasteiger partial charge in [0, 0.05) is 0 Å². The summed E-state index contributed by atoms with van der Waals surface area (Å²) in [6.07, 6.45) is 4.29. The highest BCUT2D eigenvalue weighted by Gasteiger charge is 2.05. The third kappa shape index (κ3) is 6.89. The third-order valence-corrected chi connectivity index (χ3v) is 5.52. The zero-order chi connectivity index (χ0) is 23.3.